The SMILES string of the molecule is CC(Oc1ccc(C#N)cc1)C(=O)NC1CCC(=O)NC1. The van der Waals surface area contributed by atoms with Gasteiger partial charge in [-0.15, -0.1) is 0 Å². The van der Waals surface area contributed by atoms with Gasteiger partial charge in [-0.05, 0) is 37.6 Å². The van der Waals surface area contributed by atoms with E-state index in [0.717, 1.165) is 0 Å². The van der Waals surface area contributed by atoms with Crippen molar-refractivity contribution in [2.45, 2.75) is 31.9 Å². The zero-order chi connectivity index (χ0) is 15.2. The van der Waals surface area contributed by atoms with Crippen LogP contribution in [-0.2, 0) is 9.59 Å². The van der Waals surface area contributed by atoms with Gasteiger partial charge < -0.3 is 15.4 Å². The number of hydrogen-bond donors (Lipinski definition) is 2. The van der Waals surface area contributed by atoms with Gasteiger partial charge in [0.15, 0.2) is 6.10 Å². The van der Waals surface area contributed by atoms with Gasteiger partial charge in [0.1, 0.15) is 5.75 Å². The Morgan fingerprint density at radius 2 is 2.19 bits per heavy atom. The van der Waals surface area contributed by atoms with Crippen LogP contribution in [0.5, 0.6) is 5.75 Å². The number of nitrogens with one attached hydrogen (secondary N) is 2. The van der Waals surface area contributed by atoms with Gasteiger partial charge in [-0.3, -0.25) is 9.59 Å². The van der Waals surface area contributed by atoms with Crippen LogP contribution in [0.4, 0.5) is 0 Å². The normalized spacial score (nSPS) is 19.0. The van der Waals surface area contributed by atoms with Crippen molar-refractivity contribution in [1.29, 1.82) is 5.26 Å². The molecule has 1 aliphatic heterocycles. The van der Waals surface area contributed by atoms with E-state index < -0.39 is 6.10 Å². The summed E-state index contributed by atoms with van der Waals surface area (Å²) in [4.78, 5) is 23.1. The van der Waals surface area contributed by atoms with Crippen molar-refractivity contribution < 1.29 is 14.3 Å². The molecule has 0 aromatic heterocycles. The number of carbonyl (C=O) groups excluding carboxylic acids is 2. The number of amides is 2. The molecule has 6 nitrogen and oxygen atoms in total. The van der Waals surface area contributed by atoms with Crippen molar-refractivity contribution in [3.63, 3.8) is 0 Å². The number of hydrogen-bond acceptors (Lipinski definition) is 4. The number of rotatable bonds is 4. The second kappa shape index (κ2) is 6.75. The molecule has 110 valence electrons. The highest BCUT2D eigenvalue weighted by Crippen LogP contribution is 2.13. The summed E-state index contributed by atoms with van der Waals surface area (Å²) >= 11 is 0. The van der Waals surface area contributed by atoms with Gasteiger partial charge in [-0.25, -0.2) is 0 Å². The number of ether oxygens (including phenoxy) is 1. The molecular weight excluding hydrogens is 270 g/mol. The van der Waals surface area contributed by atoms with Crippen LogP contribution in [0.2, 0.25) is 0 Å². The highest BCUT2D eigenvalue weighted by atomic mass is 16.5. The molecule has 1 aliphatic rings. The van der Waals surface area contributed by atoms with E-state index in [9.17, 15) is 9.59 Å². The van der Waals surface area contributed by atoms with E-state index in [1.54, 1.807) is 31.2 Å². The Balaban J connectivity index is 1.84. The van der Waals surface area contributed by atoms with E-state index in [0.29, 0.717) is 30.7 Å². The summed E-state index contributed by atoms with van der Waals surface area (Å²) in [6.45, 7) is 2.11. The molecular formula is C15H17N3O3. The smallest absolute Gasteiger partial charge is 0.261 e. The molecule has 2 N–H and O–H groups in total. The molecule has 0 aliphatic carbocycles. The van der Waals surface area contributed by atoms with Crippen molar-refractivity contribution in [3.05, 3.63) is 29.8 Å². The van der Waals surface area contributed by atoms with Crippen LogP contribution in [-0.4, -0.2) is 30.5 Å². The lowest BCUT2D eigenvalue weighted by Crippen LogP contribution is -2.50. The first-order valence-corrected chi connectivity index (χ1v) is 6.82. The van der Waals surface area contributed by atoms with Gasteiger partial charge in [-0.2, -0.15) is 5.26 Å². The molecule has 0 bridgehead atoms. The monoisotopic (exact) mass is 287 g/mol. The first kappa shape index (κ1) is 14.9. The summed E-state index contributed by atoms with van der Waals surface area (Å²) < 4.78 is 5.53. The molecule has 0 saturated carbocycles. The summed E-state index contributed by atoms with van der Waals surface area (Å²) in [5, 5.41) is 14.3. The molecule has 6 heteroatoms. The first-order valence-electron chi connectivity index (χ1n) is 6.82. The van der Waals surface area contributed by atoms with Gasteiger partial charge in [-0.1, -0.05) is 0 Å². The summed E-state index contributed by atoms with van der Waals surface area (Å²) in [5.74, 6) is 0.330. The zero-order valence-corrected chi connectivity index (χ0v) is 11.8. The second-order valence-electron chi connectivity index (χ2n) is 4.94. The Kier molecular flexibility index (Phi) is 4.77. The van der Waals surface area contributed by atoms with Crippen molar-refractivity contribution in [2.75, 3.05) is 6.54 Å². The third-order valence-corrected chi connectivity index (χ3v) is 3.28. The minimum Gasteiger partial charge on any atom is -0.481 e. The molecule has 2 rings (SSSR count). The maximum absolute atomic E-state index is 12.0. The Hall–Kier alpha value is -2.55. The fourth-order valence-corrected chi connectivity index (χ4v) is 2.04. The topological polar surface area (TPSA) is 91.2 Å². The quantitative estimate of drug-likeness (QED) is 0.853. The van der Waals surface area contributed by atoms with E-state index in [2.05, 4.69) is 10.6 Å². The molecule has 0 radical (unpaired) electrons. The fraction of sp³-hybridized carbons (Fsp3) is 0.400. The third-order valence-electron chi connectivity index (χ3n) is 3.28. The molecule has 2 atom stereocenters. The van der Waals surface area contributed by atoms with Crippen LogP contribution in [0.15, 0.2) is 24.3 Å². The van der Waals surface area contributed by atoms with Gasteiger partial charge in [0, 0.05) is 19.0 Å². The molecule has 21 heavy (non-hydrogen) atoms. The highest BCUT2D eigenvalue weighted by Gasteiger charge is 2.22. The maximum atomic E-state index is 12.0. The van der Waals surface area contributed by atoms with E-state index in [1.807, 2.05) is 6.07 Å². The Bertz CT molecular complexity index is 553. The van der Waals surface area contributed by atoms with Crippen LogP contribution in [0.1, 0.15) is 25.3 Å². The lowest BCUT2D eigenvalue weighted by Gasteiger charge is -2.25. The summed E-state index contributed by atoms with van der Waals surface area (Å²) in [6, 6.07) is 8.55. The molecule has 1 aromatic rings. The fourth-order valence-electron chi connectivity index (χ4n) is 2.04. The Morgan fingerprint density at radius 1 is 1.48 bits per heavy atom. The van der Waals surface area contributed by atoms with Crippen molar-refractivity contribution in [1.82, 2.24) is 10.6 Å². The molecule has 1 aromatic carbocycles. The lowest BCUT2D eigenvalue weighted by atomic mass is 10.1. The highest BCUT2D eigenvalue weighted by molar-refractivity contribution is 5.82. The average Bonchev–Trinajstić information content (AvgIpc) is 2.50. The van der Waals surface area contributed by atoms with Crippen LogP contribution in [0, 0.1) is 11.3 Å². The average molecular weight is 287 g/mol. The summed E-state index contributed by atoms with van der Waals surface area (Å²) in [7, 11) is 0. The molecule has 1 fully saturated rings. The number of nitrogens with zero attached hydrogens (tertiary/aromatic N) is 1. The second-order valence-corrected chi connectivity index (χ2v) is 4.94. The Labute approximate surface area is 123 Å². The van der Waals surface area contributed by atoms with Crippen LogP contribution in [0.25, 0.3) is 0 Å². The van der Waals surface area contributed by atoms with E-state index >= 15 is 0 Å². The molecule has 1 heterocycles. The standard InChI is InChI=1S/C15H17N3O3/c1-10(21-13-5-2-11(8-16)3-6-13)15(20)18-12-4-7-14(19)17-9-12/h2-3,5-6,10,12H,4,7,9H2,1H3,(H,17,19)(H,18,20). The molecule has 1 saturated heterocycles. The number of benzene rings is 1. The van der Waals surface area contributed by atoms with Gasteiger partial charge in [0.2, 0.25) is 5.91 Å². The van der Waals surface area contributed by atoms with Crippen LogP contribution >= 0.6 is 0 Å². The minimum absolute atomic E-state index is 0.0161. The minimum atomic E-state index is -0.643. The van der Waals surface area contributed by atoms with E-state index in [-0.39, 0.29) is 17.9 Å². The zero-order valence-electron chi connectivity index (χ0n) is 11.8. The van der Waals surface area contributed by atoms with Crippen LogP contribution in [0.3, 0.4) is 0 Å². The van der Waals surface area contributed by atoms with Crippen molar-refractivity contribution >= 4 is 11.8 Å². The Morgan fingerprint density at radius 3 is 2.76 bits per heavy atom. The van der Waals surface area contributed by atoms with E-state index in [4.69, 9.17) is 10.00 Å². The van der Waals surface area contributed by atoms with Crippen molar-refractivity contribution in [2.24, 2.45) is 0 Å². The summed E-state index contributed by atoms with van der Waals surface area (Å²) in [6.07, 6.45) is 0.423. The van der Waals surface area contributed by atoms with Gasteiger partial charge in [0.05, 0.1) is 11.6 Å². The van der Waals surface area contributed by atoms with E-state index in [1.165, 1.54) is 0 Å². The lowest BCUT2D eigenvalue weighted by molar-refractivity contribution is -0.129. The maximum Gasteiger partial charge on any atom is 0.261 e. The van der Waals surface area contributed by atoms with Gasteiger partial charge >= 0.3 is 0 Å². The summed E-state index contributed by atoms with van der Waals surface area (Å²) in [5.41, 5.74) is 0.539. The number of nitriles is 1. The van der Waals surface area contributed by atoms with Gasteiger partial charge in [0.25, 0.3) is 5.91 Å². The van der Waals surface area contributed by atoms with Crippen molar-refractivity contribution in [3.8, 4) is 11.8 Å². The molecule has 2 unspecified atom stereocenters. The molecule has 2 amide bonds. The number of piperidine rings is 1. The predicted molar refractivity (Wildman–Crippen MR) is 75.4 cm³/mol. The van der Waals surface area contributed by atoms with Crippen LogP contribution < -0.4 is 15.4 Å². The number of carbonyl (C=O) groups is 2. The largest absolute Gasteiger partial charge is 0.481 e. The predicted octanol–water partition coefficient (Wildman–Crippen LogP) is 0.720. The first-order chi connectivity index (χ1) is 10.1. The molecule has 0 spiro atoms. The third kappa shape index (κ3) is 4.21.